The van der Waals surface area contributed by atoms with Crippen LogP contribution in [0.15, 0.2) is 12.4 Å². The van der Waals surface area contributed by atoms with Crippen molar-refractivity contribution < 1.29 is 4.79 Å². The van der Waals surface area contributed by atoms with Crippen LogP contribution in [-0.4, -0.2) is 26.2 Å². The van der Waals surface area contributed by atoms with E-state index < -0.39 is 0 Å². The molecule has 0 aromatic carbocycles. The lowest BCUT2D eigenvalue weighted by Gasteiger charge is -1.95. The molecule has 0 saturated heterocycles. The van der Waals surface area contributed by atoms with Gasteiger partial charge in [0.05, 0.1) is 23.5 Å². The summed E-state index contributed by atoms with van der Waals surface area (Å²) in [6.45, 7) is 0. The number of anilines is 2. The second kappa shape index (κ2) is 2.87. The highest BCUT2D eigenvalue weighted by molar-refractivity contribution is 6.13. The number of aromatic nitrogens is 4. The zero-order valence-corrected chi connectivity index (χ0v) is 7.11. The first-order chi connectivity index (χ1) is 6.70. The zero-order chi connectivity index (χ0) is 10.1. The fraction of sp³-hybridized carbons (Fsp3) is 0. The van der Waals surface area contributed by atoms with E-state index in [2.05, 4.69) is 20.4 Å². The summed E-state index contributed by atoms with van der Waals surface area (Å²) in [6, 6.07) is 0. The Morgan fingerprint density at radius 1 is 1.07 bits per heavy atom. The van der Waals surface area contributed by atoms with E-state index in [1.807, 2.05) is 0 Å². The molecule has 0 spiro atoms. The average molecular weight is 192 g/mol. The van der Waals surface area contributed by atoms with E-state index in [1.54, 1.807) is 0 Å². The SMILES string of the molecule is Nc1[nH]ncc1C(=O)c1cn[nH]c1N. The third kappa shape index (κ3) is 1.11. The molecule has 14 heavy (non-hydrogen) atoms. The van der Waals surface area contributed by atoms with Gasteiger partial charge in [-0.05, 0) is 0 Å². The maximum absolute atomic E-state index is 11.7. The molecule has 0 aliphatic rings. The average Bonchev–Trinajstić information content (AvgIpc) is 2.73. The number of nitrogen functional groups attached to an aromatic ring is 2. The predicted octanol–water partition coefficient (Wildman–Crippen LogP) is -0.472. The summed E-state index contributed by atoms with van der Waals surface area (Å²) in [6.07, 6.45) is 2.70. The highest BCUT2D eigenvalue weighted by Gasteiger charge is 2.17. The Labute approximate surface area is 78.5 Å². The summed E-state index contributed by atoms with van der Waals surface area (Å²) in [5, 5.41) is 12.2. The number of hydrogen-bond acceptors (Lipinski definition) is 5. The molecule has 0 amide bonds. The molecule has 6 N–H and O–H groups in total. The van der Waals surface area contributed by atoms with Crippen molar-refractivity contribution in [1.29, 1.82) is 0 Å². The maximum atomic E-state index is 11.7. The molecule has 0 aliphatic heterocycles. The number of nitrogens with two attached hydrogens (primary N) is 2. The van der Waals surface area contributed by atoms with Crippen molar-refractivity contribution in [3.63, 3.8) is 0 Å². The molecule has 2 heterocycles. The maximum Gasteiger partial charge on any atom is 0.203 e. The first-order valence-electron chi connectivity index (χ1n) is 3.82. The van der Waals surface area contributed by atoms with Crippen LogP contribution in [0.4, 0.5) is 11.6 Å². The highest BCUT2D eigenvalue weighted by atomic mass is 16.1. The number of carbonyl (C=O) groups excluding carboxylic acids is 1. The van der Waals surface area contributed by atoms with Crippen LogP contribution in [0.2, 0.25) is 0 Å². The van der Waals surface area contributed by atoms with Crippen LogP contribution in [0.5, 0.6) is 0 Å². The number of rotatable bonds is 2. The lowest BCUT2D eigenvalue weighted by molar-refractivity contribution is 0.104. The van der Waals surface area contributed by atoms with E-state index in [9.17, 15) is 4.79 Å². The van der Waals surface area contributed by atoms with Crippen LogP contribution in [0.1, 0.15) is 15.9 Å². The van der Waals surface area contributed by atoms with Crippen LogP contribution in [0.3, 0.4) is 0 Å². The number of H-pyrrole nitrogens is 2. The summed E-state index contributed by atoms with van der Waals surface area (Å²) >= 11 is 0. The summed E-state index contributed by atoms with van der Waals surface area (Å²) < 4.78 is 0. The van der Waals surface area contributed by atoms with Crippen LogP contribution in [0.25, 0.3) is 0 Å². The van der Waals surface area contributed by atoms with Gasteiger partial charge in [-0.1, -0.05) is 0 Å². The molecule has 0 bridgehead atoms. The van der Waals surface area contributed by atoms with Crippen molar-refractivity contribution >= 4 is 17.4 Å². The monoisotopic (exact) mass is 192 g/mol. The molecule has 2 aromatic heterocycles. The summed E-state index contributed by atoms with van der Waals surface area (Å²) in [5.41, 5.74) is 11.6. The van der Waals surface area contributed by atoms with E-state index in [0.717, 1.165) is 0 Å². The molecule has 0 saturated carbocycles. The van der Waals surface area contributed by atoms with Gasteiger partial charge in [0.2, 0.25) is 5.78 Å². The Bertz CT molecular complexity index is 428. The third-order valence-corrected chi connectivity index (χ3v) is 1.83. The van der Waals surface area contributed by atoms with Crippen molar-refractivity contribution in [3.8, 4) is 0 Å². The first kappa shape index (κ1) is 8.30. The Morgan fingerprint density at radius 2 is 1.50 bits per heavy atom. The molecule has 0 atom stereocenters. The molecule has 2 aromatic rings. The van der Waals surface area contributed by atoms with E-state index in [1.165, 1.54) is 12.4 Å². The van der Waals surface area contributed by atoms with Gasteiger partial charge < -0.3 is 11.5 Å². The van der Waals surface area contributed by atoms with Crippen molar-refractivity contribution in [2.24, 2.45) is 0 Å². The minimum absolute atomic E-state index is 0.218. The summed E-state index contributed by atoms with van der Waals surface area (Å²) in [4.78, 5) is 11.7. The molecule has 2 rings (SSSR count). The van der Waals surface area contributed by atoms with Crippen LogP contribution in [0, 0.1) is 0 Å². The number of ketones is 1. The van der Waals surface area contributed by atoms with Crippen LogP contribution >= 0.6 is 0 Å². The molecule has 7 heteroatoms. The van der Waals surface area contributed by atoms with Crippen molar-refractivity contribution in [1.82, 2.24) is 20.4 Å². The topological polar surface area (TPSA) is 126 Å². The largest absolute Gasteiger partial charge is 0.383 e. The smallest absolute Gasteiger partial charge is 0.203 e. The first-order valence-corrected chi connectivity index (χ1v) is 3.82. The van der Waals surface area contributed by atoms with Gasteiger partial charge in [-0.15, -0.1) is 0 Å². The van der Waals surface area contributed by atoms with E-state index >= 15 is 0 Å². The lowest BCUT2D eigenvalue weighted by atomic mass is 10.1. The van der Waals surface area contributed by atoms with Crippen molar-refractivity contribution in [2.75, 3.05) is 11.5 Å². The quantitative estimate of drug-likeness (QED) is 0.478. The number of aromatic amines is 2. The fourth-order valence-electron chi connectivity index (χ4n) is 1.10. The second-order valence-electron chi connectivity index (χ2n) is 2.72. The third-order valence-electron chi connectivity index (χ3n) is 1.83. The summed E-state index contributed by atoms with van der Waals surface area (Å²) in [5.74, 6) is 0.133. The van der Waals surface area contributed by atoms with Crippen LogP contribution < -0.4 is 11.5 Å². The van der Waals surface area contributed by atoms with E-state index in [-0.39, 0.29) is 28.5 Å². The van der Waals surface area contributed by atoms with Gasteiger partial charge in [0.15, 0.2) is 0 Å². The second-order valence-corrected chi connectivity index (χ2v) is 2.72. The number of nitrogens with zero attached hydrogens (tertiary/aromatic N) is 2. The minimum Gasteiger partial charge on any atom is -0.383 e. The molecule has 0 unspecified atom stereocenters. The molecule has 0 fully saturated rings. The van der Waals surface area contributed by atoms with Crippen molar-refractivity contribution in [2.45, 2.75) is 0 Å². The fourth-order valence-corrected chi connectivity index (χ4v) is 1.10. The Morgan fingerprint density at radius 3 is 1.79 bits per heavy atom. The van der Waals surface area contributed by atoms with Gasteiger partial charge in [0.25, 0.3) is 0 Å². The Hall–Kier alpha value is -2.31. The van der Waals surface area contributed by atoms with Gasteiger partial charge in [-0.3, -0.25) is 15.0 Å². The number of nitrogens with one attached hydrogen (secondary N) is 2. The zero-order valence-electron chi connectivity index (χ0n) is 7.11. The number of carbonyl (C=O) groups is 1. The van der Waals surface area contributed by atoms with Crippen molar-refractivity contribution in [3.05, 3.63) is 23.5 Å². The molecule has 7 nitrogen and oxygen atoms in total. The lowest BCUT2D eigenvalue weighted by Crippen LogP contribution is -2.05. The molecular weight excluding hydrogens is 184 g/mol. The molecule has 72 valence electrons. The van der Waals surface area contributed by atoms with Gasteiger partial charge in [0.1, 0.15) is 11.6 Å². The normalized spacial score (nSPS) is 10.3. The minimum atomic E-state index is -0.303. The standard InChI is InChI=1S/C7H8N6O/c8-6-3(1-10-12-6)5(14)4-2-11-13-7(4)9/h1-2H,(H3,8,10,12)(H3,9,11,13). The van der Waals surface area contributed by atoms with Gasteiger partial charge in [0, 0.05) is 0 Å². The van der Waals surface area contributed by atoms with Gasteiger partial charge in [-0.25, -0.2) is 0 Å². The predicted molar refractivity (Wildman–Crippen MR) is 49.4 cm³/mol. The molecular formula is C7H8N6O. The summed E-state index contributed by atoms with van der Waals surface area (Å²) in [7, 11) is 0. The van der Waals surface area contributed by atoms with Gasteiger partial charge >= 0.3 is 0 Å². The molecule has 0 radical (unpaired) electrons. The van der Waals surface area contributed by atoms with Crippen LogP contribution in [-0.2, 0) is 0 Å². The Balaban J connectivity index is 2.44. The highest BCUT2D eigenvalue weighted by Crippen LogP contribution is 2.16. The number of hydrogen-bond donors (Lipinski definition) is 4. The van der Waals surface area contributed by atoms with Gasteiger partial charge in [-0.2, -0.15) is 10.2 Å². The van der Waals surface area contributed by atoms with E-state index in [0.29, 0.717) is 0 Å². The van der Waals surface area contributed by atoms with E-state index in [4.69, 9.17) is 11.5 Å². The molecule has 0 aliphatic carbocycles. The Kier molecular flexibility index (Phi) is 1.70.